The van der Waals surface area contributed by atoms with Crippen molar-refractivity contribution in [3.8, 4) is 5.69 Å². The predicted octanol–water partition coefficient (Wildman–Crippen LogP) is 7.58. The maximum atomic E-state index is 13.9. The first-order chi connectivity index (χ1) is 16.8. The van der Waals surface area contributed by atoms with Gasteiger partial charge in [0.05, 0.1) is 16.6 Å². The van der Waals surface area contributed by atoms with Crippen LogP contribution in [0.5, 0.6) is 0 Å². The minimum absolute atomic E-state index is 0.0150. The average molecular weight is 437 g/mol. The van der Waals surface area contributed by atoms with Crippen LogP contribution < -0.4 is 0 Å². The zero-order valence-electron chi connectivity index (χ0n) is 18.3. The van der Waals surface area contributed by atoms with Gasteiger partial charge >= 0.3 is 0 Å². The maximum absolute atomic E-state index is 13.9. The minimum Gasteiger partial charge on any atom is -0.317 e. The number of para-hydroxylation sites is 2. The van der Waals surface area contributed by atoms with Gasteiger partial charge in [0.15, 0.2) is 0 Å². The van der Waals surface area contributed by atoms with Gasteiger partial charge in [0, 0.05) is 33.6 Å². The molecule has 3 nitrogen and oxygen atoms in total. The highest BCUT2D eigenvalue weighted by Gasteiger charge is 2.19. The van der Waals surface area contributed by atoms with Crippen LogP contribution in [0.15, 0.2) is 121 Å². The van der Waals surface area contributed by atoms with Crippen LogP contribution in [0.2, 0.25) is 0 Å². The number of rotatable bonds is 2. The molecule has 0 fully saturated rings. The monoisotopic (exact) mass is 436 g/mol. The van der Waals surface area contributed by atoms with Crippen molar-refractivity contribution in [2.24, 2.45) is 0 Å². The van der Waals surface area contributed by atoms with Gasteiger partial charge in [-0.05, 0) is 59.3 Å². The van der Waals surface area contributed by atoms with Gasteiger partial charge in [0.25, 0.3) is 5.91 Å². The molecule has 0 radical (unpaired) electrons. The summed E-state index contributed by atoms with van der Waals surface area (Å²) in [6.45, 7) is 0. The van der Waals surface area contributed by atoms with E-state index in [-0.39, 0.29) is 5.91 Å². The third-order valence-electron chi connectivity index (χ3n) is 6.72. The number of carbonyl (C=O) groups excluding carboxylic acids is 1. The minimum atomic E-state index is -0.0150. The Bertz CT molecular complexity index is 1870. The molecule has 0 atom stereocenters. The van der Waals surface area contributed by atoms with E-state index in [2.05, 4.69) is 53.2 Å². The molecule has 0 amide bonds. The van der Waals surface area contributed by atoms with Crippen LogP contribution in [-0.2, 0) is 0 Å². The fourth-order valence-electron chi connectivity index (χ4n) is 5.08. The quantitative estimate of drug-likeness (QED) is 0.274. The van der Waals surface area contributed by atoms with Gasteiger partial charge in [0.1, 0.15) is 0 Å². The molecular weight excluding hydrogens is 416 g/mol. The third-order valence-corrected chi connectivity index (χ3v) is 6.72. The lowest BCUT2D eigenvalue weighted by Gasteiger charge is -2.08. The first-order valence-corrected chi connectivity index (χ1v) is 11.4. The molecule has 7 rings (SSSR count). The van der Waals surface area contributed by atoms with Crippen LogP contribution in [-0.4, -0.2) is 15.0 Å². The molecule has 0 bridgehead atoms. The molecule has 34 heavy (non-hydrogen) atoms. The van der Waals surface area contributed by atoms with Crippen molar-refractivity contribution >= 4 is 49.4 Å². The average Bonchev–Trinajstić information content (AvgIpc) is 3.46. The van der Waals surface area contributed by atoms with E-state index < -0.39 is 0 Å². The van der Waals surface area contributed by atoms with Crippen LogP contribution in [0.25, 0.3) is 49.2 Å². The summed E-state index contributed by atoms with van der Waals surface area (Å²) in [4.78, 5) is 13.9. The summed E-state index contributed by atoms with van der Waals surface area (Å²) in [5, 5.41) is 5.45. The number of hydrogen-bond acceptors (Lipinski definition) is 1. The van der Waals surface area contributed by atoms with Gasteiger partial charge in [-0.1, -0.05) is 66.7 Å². The molecule has 0 aliphatic carbocycles. The number of aromatic nitrogens is 2. The zero-order valence-corrected chi connectivity index (χ0v) is 18.3. The number of carbonyl (C=O) groups is 1. The molecule has 7 aromatic rings. The van der Waals surface area contributed by atoms with Crippen molar-refractivity contribution < 1.29 is 4.79 Å². The second-order valence-corrected chi connectivity index (χ2v) is 8.67. The summed E-state index contributed by atoms with van der Waals surface area (Å²) in [5.74, 6) is -0.0150. The van der Waals surface area contributed by atoms with Crippen molar-refractivity contribution in [3.05, 3.63) is 127 Å². The van der Waals surface area contributed by atoms with Crippen LogP contribution in [0, 0.1) is 0 Å². The Morgan fingerprint density at radius 1 is 0.529 bits per heavy atom. The lowest BCUT2D eigenvalue weighted by Crippen LogP contribution is -2.11. The molecule has 160 valence electrons. The highest BCUT2D eigenvalue weighted by Crippen LogP contribution is 2.34. The van der Waals surface area contributed by atoms with Crippen molar-refractivity contribution in [3.63, 3.8) is 0 Å². The summed E-state index contributed by atoms with van der Waals surface area (Å²) >= 11 is 0. The lowest BCUT2D eigenvalue weighted by molar-refractivity contribution is 0.0969. The molecule has 5 aromatic carbocycles. The van der Waals surface area contributed by atoms with Crippen molar-refractivity contribution in [2.75, 3.05) is 0 Å². The Morgan fingerprint density at radius 2 is 1.29 bits per heavy atom. The van der Waals surface area contributed by atoms with Crippen LogP contribution >= 0.6 is 0 Å². The molecule has 0 N–H and O–H groups in total. The summed E-state index contributed by atoms with van der Waals surface area (Å²) in [7, 11) is 0. The van der Waals surface area contributed by atoms with Gasteiger partial charge in [-0.25, -0.2) is 0 Å². The highest BCUT2D eigenvalue weighted by molar-refractivity contribution is 6.19. The van der Waals surface area contributed by atoms with E-state index in [1.165, 1.54) is 0 Å². The van der Waals surface area contributed by atoms with Crippen LogP contribution in [0.4, 0.5) is 0 Å². The summed E-state index contributed by atoms with van der Waals surface area (Å²) in [6, 6.07) is 39.1. The fourth-order valence-corrected chi connectivity index (χ4v) is 5.08. The van der Waals surface area contributed by atoms with Crippen LogP contribution in [0.1, 0.15) is 10.4 Å². The fraction of sp³-hybridized carbons (Fsp3) is 0. The molecule has 3 heteroatoms. The molecule has 2 aromatic heterocycles. The molecule has 0 saturated heterocycles. The molecule has 0 aliphatic rings. The molecule has 0 saturated carbocycles. The van der Waals surface area contributed by atoms with Gasteiger partial charge in [-0.2, -0.15) is 0 Å². The van der Waals surface area contributed by atoms with E-state index in [0.717, 1.165) is 49.2 Å². The first-order valence-electron chi connectivity index (χ1n) is 11.4. The van der Waals surface area contributed by atoms with Gasteiger partial charge in [-0.15, -0.1) is 0 Å². The number of hydrogen-bond donors (Lipinski definition) is 0. The predicted molar refractivity (Wildman–Crippen MR) is 140 cm³/mol. The Morgan fingerprint density at radius 3 is 2.18 bits per heavy atom. The number of nitrogens with zero attached hydrogens (tertiary/aromatic N) is 2. The Hall–Kier alpha value is -4.63. The van der Waals surface area contributed by atoms with E-state index in [1.807, 2.05) is 77.4 Å². The van der Waals surface area contributed by atoms with Gasteiger partial charge < -0.3 is 4.57 Å². The van der Waals surface area contributed by atoms with E-state index in [9.17, 15) is 4.79 Å². The second kappa shape index (κ2) is 7.19. The molecular formula is C31H20N2O. The van der Waals surface area contributed by atoms with Crippen LogP contribution in [0.3, 0.4) is 0 Å². The molecule has 0 spiro atoms. The van der Waals surface area contributed by atoms with Crippen molar-refractivity contribution in [2.45, 2.75) is 0 Å². The first kappa shape index (κ1) is 18.9. The smallest absolute Gasteiger partial charge is 0.262 e. The third kappa shape index (κ3) is 2.74. The number of fused-ring (bicyclic) bond motifs is 5. The highest BCUT2D eigenvalue weighted by atomic mass is 16.2. The topological polar surface area (TPSA) is 26.9 Å². The normalized spacial score (nSPS) is 11.6. The molecule has 0 aliphatic heterocycles. The van der Waals surface area contributed by atoms with Gasteiger partial charge in [-0.3, -0.25) is 9.36 Å². The Kier molecular flexibility index (Phi) is 4.00. The summed E-state index contributed by atoms with van der Waals surface area (Å²) in [5.41, 5.74) is 4.78. The Labute approximate surface area is 196 Å². The Balaban J connectivity index is 1.50. The van der Waals surface area contributed by atoms with E-state index in [4.69, 9.17) is 0 Å². The summed E-state index contributed by atoms with van der Waals surface area (Å²) < 4.78 is 4.07. The molecule has 0 unspecified atom stereocenters. The largest absolute Gasteiger partial charge is 0.317 e. The maximum Gasteiger partial charge on any atom is 0.262 e. The molecule has 2 heterocycles. The zero-order chi connectivity index (χ0) is 22.6. The SMILES string of the molecule is O=C(c1ccc2ccccc2c1)n1c2ccccc2c2cc3c(ccn3-c3ccccc3)cc21. The van der Waals surface area contributed by atoms with Crippen molar-refractivity contribution in [1.82, 2.24) is 9.13 Å². The van der Waals surface area contributed by atoms with E-state index in [1.54, 1.807) is 0 Å². The summed E-state index contributed by atoms with van der Waals surface area (Å²) in [6.07, 6.45) is 2.09. The van der Waals surface area contributed by atoms with Crippen molar-refractivity contribution in [1.29, 1.82) is 0 Å². The van der Waals surface area contributed by atoms with E-state index in [0.29, 0.717) is 5.56 Å². The van der Waals surface area contributed by atoms with E-state index >= 15 is 0 Å². The number of benzene rings is 5. The lowest BCUT2D eigenvalue weighted by atomic mass is 10.1. The second-order valence-electron chi connectivity index (χ2n) is 8.67. The van der Waals surface area contributed by atoms with Gasteiger partial charge in [0.2, 0.25) is 0 Å². The standard InChI is InChI=1S/C31H20N2O/c34-31(24-15-14-21-8-4-5-9-22(21)18-24)33-28-13-7-6-12-26(28)27-20-29-23(19-30(27)33)16-17-32(29)25-10-2-1-3-11-25/h1-20H.